The number of aryl methyl sites for hydroxylation is 1. The van der Waals surface area contributed by atoms with Crippen LogP contribution in [0, 0.1) is 6.92 Å². The predicted octanol–water partition coefficient (Wildman–Crippen LogP) is 2.38. The van der Waals surface area contributed by atoms with E-state index >= 15 is 0 Å². The van der Waals surface area contributed by atoms with Crippen LogP contribution in [0.2, 0.25) is 5.02 Å². The highest BCUT2D eigenvalue weighted by atomic mass is 35.5. The number of sulfonamides is 1. The molecular formula is C16H18ClN3O2S. The normalized spacial score (nSPS) is 19.7. The molecule has 0 bridgehead atoms. The second-order valence-corrected chi connectivity index (χ2v) is 7.85. The standard InChI is InChI=1S/C16H18ClN3O2S/c1-12-5-6-15(10-19-12)23(21,22)20-8-7-18-11-16(20)13-3-2-4-14(17)9-13/h2-6,9-10,16,18H,7-8,11H2,1H3. The van der Waals surface area contributed by atoms with Gasteiger partial charge in [0.15, 0.2) is 0 Å². The lowest BCUT2D eigenvalue weighted by Gasteiger charge is -2.35. The van der Waals surface area contributed by atoms with E-state index in [0.29, 0.717) is 24.7 Å². The first-order valence-corrected chi connectivity index (χ1v) is 9.21. The van der Waals surface area contributed by atoms with Crippen molar-refractivity contribution >= 4 is 21.6 Å². The Labute approximate surface area is 141 Å². The van der Waals surface area contributed by atoms with Crippen LogP contribution in [0.5, 0.6) is 0 Å². The summed E-state index contributed by atoms with van der Waals surface area (Å²) in [6.45, 7) is 3.41. The van der Waals surface area contributed by atoms with Gasteiger partial charge in [0.25, 0.3) is 0 Å². The smallest absolute Gasteiger partial charge is 0.245 e. The SMILES string of the molecule is Cc1ccc(S(=O)(=O)N2CCNCC2c2cccc(Cl)c2)cn1. The first-order chi connectivity index (χ1) is 11.0. The van der Waals surface area contributed by atoms with Crippen molar-refractivity contribution in [3.63, 3.8) is 0 Å². The fourth-order valence-electron chi connectivity index (χ4n) is 2.71. The van der Waals surface area contributed by atoms with E-state index in [4.69, 9.17) is 11.6 Å². The Morgan fingerprint density at radius 3 is 2.83 bits per heavy atom. The summed E-state index contributed by atoms with van der Waals surface area (Å²) in [6, 6.07) is 10.4. The lowest BCUT2D eigenvalue weighted by molar-refractivity contribution is 0.271. The number of hydrogen-bond acceptors (Lipinski definition) is 4. The lowest BCUT2D eigenvalue weighted by atomic mass is 10.1. The number of nitrogens with zero attached hydrogens (tertiary/aromatic N) is 2. The lowest BCUT2D eigenvalue weighted by Crippen LogP contribution is -2.48. The number of nitrogens with one attached hydrogen (secondary N) is 1. The third kappa shape index (κ3) is 3.40. The predicted molar refractivity (Wildman–Crippen MR) is 89.9 cm³/mol. The Morgan fingerprint density at radius 1 is 1.30 bits per heavy atom. The molecule has 0 radical (unpaired) electrons. The number of benzene rings is 1. The van der Waals surface area contributed by atoms with E-state index in [9.17, 15) is 8.42 Å². The third-order valence-electron chi connectivity index (χ3n) is 3.92. The second kappa shape index (κ2) is 6.57. The number of hydrogen-bond donors (Lipinski definition) is 1. The average molecular weight is 352 g/mol. The minimum absolute atomic E-state index is 0.219. The van der Waals surface area contributed by atoms with E-state index < -0.39 is 10.0 Å². The molecule has 0 aliphatic carbocycles. The number of pyridine rings is 1. The van der Waals surface area contributed by atoms with Crippen LogP contribution in [0.25, 0.3) is 0 Å². The third-order valence-corrected chi connectivity index (χ3v) is 6.05. The van der Waals surface area contributed by atoms with Crippen molar-refractivity contribution in [2.24, 2.45) is 0 Å². The van der Waals surface area contributed by atoms with Gasteiger partial charge in [-0.05, 0) is 36.8 Å². The zero-order valence-corrected chi connectivity index (χ0v) is 14.3. The molecule has 0 spiro atoms. The molecule has 1 fully saturated rings. The van der Waals surface area contributed by atoms with Gasteiger partial charge in [-0.3, -0.25) is 4.98 Å². The Hall–Kier alpha value is -1.47. The molecule has 0 saturated carbocycles. The van der Waals surface area contributed by atoms with Crippen molar-refractivity contribution in [2.75, 3.05) is 19.6 Å². The number of rotatable bonds is 3. The van der Waals surface area contributed by atoms with Gasteiger partial charge in [0.2, 0.25) is 10.0 Å². The quantitative estimate of drug-likeness (QED) is 0.922. The van der Waals surface area contributed by atoms with Crippen molar-refractivity contribution in [3.8, 4) is 0 Å². The maximum absolute atomic E-state index is 13.0. The summed E-state index contributed by atoms with van der Waals surface area (Å²) >= 11 is 6.06. The van der Waals surface area contributed by atoms with Crippen molar-refractivity contribution in [1.82, 2.24) is 14.6 Å². The molecule has 2 heterocycles. The Morgan fingerprint density at radius 2 is 2.13 bits per heavy atom. The van der Waals surface area contributed by atoms with Crippen molar-refractivity contribution < 1.29 is 8.42 Å². The minimum Gasteiger partial charge on any atom is -0.313 e. The van der Waals surface area contributed by atoms with Crippen LogP contribution < -0.4 is 5.32 Å². The summed E-state index contributed by atoms with van der Waals surface area (Å²) in [5.41, 5.74) is 1.67. The first-order valence-electron chi connectivity index (χ1n) is 7.39. The van der Waals surface area contributed by atoms with Crippen molar-refractivity contribution in [3.05, 3.63) is 58.9 Å². The largest absolute Gasteiger partial charge is 0.313 e. The monoisotopic (exact) mass is 351 g/mol. The summed E-state index contributed by atoms with van der Waals surface area (Å²) < 4.78 is 27.5. The molecule has 7 heteroatoms. The van der Waals surface area contributed by atoms with Crippen LogP contribution in [-0.2, 0) is 10.0 Å². The number of halogens is 1. The maximum atomic E-state index is 13.0. The van der Waals surface area contributed by atoms with E-state index in [0.717, 1.165) is 11.3 Å². The Balaban J connectivity index is 1.99. The molecule has 1 atom stereocenters. The summed E-state index contributed by atoms with van der Waals surface area (Å²) in [5.74, 6) is 0. The summed E-state index contributed by atoms with van der Waals surface area (Å²) in [7, 11) is -3.60. The minimum atomic E-state index is -3.60. The Kier molecular flexibility index (Phi) is 4.68. The molecule has 2 aromatic rings. The summed E-state index contributed by atoms with van der Waals surface area (Å²) in [5, 5.41) is 3.85. The van der Waals surface area contributed by atoms with Crippen LogP contribution in [0.15, 0.2) is 47.5 Å². The van der Waals surface area contributed by atoms with Crippen LogP contribution in [0.3, 0.4) is 0 Å². The van der Waals surface area contributed by atoms with Gasteiger partial charge < -0.3 is 5.32 Å². The first kappa shape index (κ1) is 16.4. The van der Waals surface area contributed by atoms with E-state index in [2.05, 4.69) is 10.3 Å². The molecule has 1 aliphatic heterocycles. The molecule has 23 heavy (non-hydrogen) atoms. The zero-order chi connectivity index (χ0) is 16.4. The fourth-order valence-corrected chi connectivity index (χ4v) is 4.47. The molecule has 122 valence electrons. The van der Waals surface area contributed by atoms with Crippen molar-refractivity contribution in [1.29, 1.82) is 0 Å². The number of aromatic nitrogens is 1. The Bertz CT molecular complexity index is 793. The van der Waals surface area contributed by atoms with E-state index in [1.807, 2.05) is 25.1 Å². The highest BCUT2D eigenvalue weighted by Gasteiger charge is 2.34. The van der Waals surface area contributed by atoms with Crippen molar-refractivity contribution in [2.45, 2.75) is 17.9 Å². The van der Waals surface area contributed by atoms with Crippen LogP contribution in [-0.4, -0.2) is 37.3 Å². The molecule has 3 rings (SSSR count). The number of piperazine rings is 1. The van der Waals surface area contributed by atoms with Gasteiger partial charge in [-0.15, -0.1) is 0 Å². The van der Waals surface area contributed by atoms with Gasteiger partial charge >= 0.3 is 0 Å². The van der Waals surface area contributed by atoms with Gasteiger partial charge in [0.1, 0.15) is 4.90 Å². The van der Waals surface area contributed by atoms with Crippen LogP contribution in [0.1, 0.15) is 17.3 Å². The molecule has 1 aromatic heterocycles. The fraction of sp³-hybridized carbons (Fsp3) is 0.312. The average Bonchev–Trinajstić information content (AvgIpc) is 2.55. The molecule has 1 N–H and O–H groups in total. The van der Waals surface area contributed by atoms with E-state index in [1.54, 1.807) is 18.2 Å². The van der Waals surface area contributed by atoms with Gasteiger partial charge in [-0.2, -0.15) is 4.31 Å². The molecular weight excluding hydrogens is 334 g/mol. The maximum Gasteiger partial charge on any atom is 0.245 e. The molecule has 1 aliphatic rings. The highest BCUT2D eigenvalue weighted by molar-refractivity contribution is 7.89. The molecule has 1 saturated heterocycles. The van der Waals surface area contributed by atoms with E-state index in [-0.39, 0.29) is 10.9 Å². The highest BCUT2D eigenvalue weighted by Crippen LogP contribution is 2.29. The van der Waals surface area contributed by atoms with Crippen LogP contribution >= 0.6 is 11.6 Å². The topological polar surface area (TPSA) is 62.3 Å². The molecule has 1 aromatic carbocycles. The zero-order valence-electron chi connectivity index (χ0n) is 12.7. The van der Waals surface area contributed by atoms with Crippen LogP contribution in [0.4, 0.5) is 0 Å². The molecule has 1 unspecified atom stereocenters. The summed E-state index contributed by atoms with van der Waals surface area (Å²) in [6.07, 6.45) is 1.42. The molecule has 5 nitrogen and oxygen atoms in total. The van der Waals surface area contributed by atoms with E-state index in [1.165, 1.54) is 10.5 Å². The van der Waals surface area contributed by atoms with Gasteiger partial charge in [-0.25, -0.2) is 8.42 Å². The van der Waals surface area contributed by atoms with Gasteiger partial charge in [-0.1, -0.05) is 23.7 Å². The van der Waals surface area contributed by atoms with Gasteiger partial charge in [0.05, 0.1) is 6.04 Å². The summed E-state index contributed by atoms with van der Waals surface area (Å²) in [4.78, 5) is 4.33. The van der Waals surface area contributed by atoms with Gasteiger partial charge in [0, 0.05) is 36.5 Å². The second-order valence-electron chi connectivity index (χ2n) is 5.53. The molecule has 0 amide bonds.